The molecule has 6 nitrogen and oxygen atoms in total. The van der Waals surface area contributed by atoms with E-state index in [0.717, 1.165) is 11.6 Å². The number of hydrogen-bond acceptors (Lipinski definition) is 4. The first kappa shape index (κ1) is 14.9. The normalized spacial score (nSPS) is 10.7. The van der Waals surface area contributed by atoms with E-state index in [2.05, 4.69) is 10.2 Å². The quantitative estimate of drug-likeness (QED) is 0.588. The summed E-state index contributed by atoms with van der Waals surface area (Å²) in [5, 5.41) is 35.4. The number of nitrogens with one attached hydrogen (secondary N) is 1. The lowest BCUT2D eigenvalue weighted by atomic mass is 10.00. The zero-order valence-electron chi connectivity index (χ0n) is 11.6. The second kappa shape index (κ2) is 5.66. The average molecular weight is 331 g/mol. The van der Waals surface area contributed by atoms with Crippen molar-refractivity contribution in [3.05, 3.63) is 53.2 Å². The number of aromatic nitrogens is 2. The van der Waals surface area contributed by atoms with E-state index in [1.54, 1.807) is 18.3 Å². The number of rotatable bonds is 3. The number of carboxylic acid groups (broad SMARTS) is 1. The summed E-state index contributed by atoms with van der Waals surface area (Å²) in [7, 11) is 0. The molecule has 0 fully saturated rings. The smallest absolute Gasteiger partial charge is 0.335 e. The van der Waals surface area contributed by atoms with E-state index in [0.29, 0.717) is 16.8 Å². The van der Waals surface area contributed by atoms with Crippen molar-refractivity contribution in [1.29, 1.82) is 0 Å². The van der Waals surface area contributed by atoms with Crippen LogP contribution in [0.15, 0.2) is 42.6 Å². The van der Waals surface area contributed by atoms with Gasteiger partial charge in [0.1, 0.15) is 17.2 Å². The number of aromatic hydroxyl groups is 2. The van der Waals surface area contributed by atoms with Crippen LogP contribution in [0.3, 0.4) is 0 Å². The third-order valence-corrected chi connectivity index (χ3v) is 3.71. The first-order valence-corrected chi connectivity index (χ1v) is 6.94. The van der Waals surface area contributed by atoms with Crippen molar-refractivity contribution in [3.8, 4) is 33.9 Å². The molecule has 0 radical (unpaired) electrons. The molecule has 0 saturated carbocycles. The second-order valence-electron chi connectivity index (χ2n) is 4.85. The Morgan fingerprint density at radius 3 is 2.39 bits per heavy atom. The minimum atomic E-state index is -1.01. The highest BCUT2D eigenvalue weighted by Gasteiger charge is 2.16. The third-order valence-electron chi connectivity index (χ3n) is 3.40. The van der Waals surface area contributed by atoms with Crippen LogP contribution < -0.4 is 0 Å². The first-order chi connectivity index (χ1) is 11.0. The molecule has 116 valence electrons. The lowest BCUT2D eigenvalue weighted by Crippen LogP contribution is -1.95. The van der Waals surface area contributed by atoms with Crippen molar-refractivity contribution in [2.75, 3.05) is 0 Å². The van der Waals surface area contributed by atoms with Gasteiger partial charge in [-0.15, -0.1) is 0 Å². The molecular weight excluding hydrogens is 320 g/mol. The Kier molecular flexibility index (Phi) is 3.67. The molecular formula is C16H11ClN2O4. The lowest BCUT2D eigenvalue weighted by Gasteiger charge is -2.07. The van der Waals surface area contributed by atoms with E-state index in [-0.39, 0.29) is 22.1 Å². The lowest BCUT2D eigenvalue weighted by molar-refractivity contribution is 0.0697. The maximum atomic E-state index is 10.9. The molecule has 0 saturated heterocycles. The van der Waals surface area contributed by atoms with Crippen molar-refractivity contribution < 1.29 is 20.1 Å². The highest BCUT2D eigenvalue weighted by molar-refractivity contribution is 6.32. The van der Waals surface area contributed by atoms with Crippen molar-refractivity contribution in [3.63, 3.8) is 0 Å². The van der Waals surface area contributed by atoms with E-state index in [4.69, 9.17) is 16.7 Å². The third kappa shape index (κ3) is 2.72. The first-order valence-electron chi connectivity index (χ1n) is 6.56. The molecule has 0 aliphatic carbocycles. The Balaban J connectivity index is 2.10. The molecule has 0 spiro atoms. The molecule has 0 unspecified atom stereocenters. The van der Waals surface area contributed by atoms with Crippen LogP contribution in [0, 0.1) is 0 Å². The summed E-state index contributed by atoms with van der Waals surface area (Å²) in [5.41, 5.74) is 2.36. The molecule has 0 aliphatic rings. The maximum absolute atomic E-state index is 10.9. The van der Waals surface area contributed by atoms with Gasteiger partial charge in [-0.3, -0.25) is 5.10 Å². The molecule has 0 aliphatic heterocycles. The van der Waals surface area contributed by atoms with Crippen LogP contribution in [0.25, 0.3) is 22.4 Å². The molecule has 2 aromatic carbocycles. The number of aromatic amines is 1. The number of carbonyl (C=O) groups is 1. The molecule has 23 heavy (non-hydrogen) atoms. The second-order valence-corrected chi connectivity index (χ2v) is 5.26. The van der Waals surface area contributed by atoms with E-state index in [1.165, 1.54) is 18.2 Å². The van der Waals surface area contributed by atoms with E-state index < -0.39 is 5.97 Å². The van der Waals surface area contributed by atoms with Gasteiger partial charge in [-0.2, -0.15) is 5.10 Å². The van der Waals surface area contributed by atoms with Crippen LogP contribution in [0.4, 0.5) is 0 Å². The standard InChI is InChI=1S/C16H11ClN2O4/c17-12-5-10(13(20)6-14(12)21)15-11(7-18-19-15)8-1-3-9(4-2-8)16(22)23/h1-7,20-21H,(H,18,19)(H,22,23). The Hall–Kier alpha value is -2.99. The highest BCUT2D eigenvalue weighted by Crippen LogP contribution is 2.40. The summed E-state index contributed by atoms with van der Waals surface area (Å²) in [6.07, 6.45) is 1.63. The molecule has 0 bridgehead atoms. The minimum Gasteiger partial charge on any atom is -0.507 e. The molecule has 1 aromatic heterocycles. The van der Waals surface area contributed by atoms with Gasteiger partial charge in [-0.25, -0.2) is 4.79 Å². The number of halogens is 1. The monoisotopic (exact) mass is 330 g/mol. The van der Waals surface area contributed by atoms with Crippen molar-refractivity contribution >= 4 is 17.6 Å². The molecule has 1 heterocycles. The minimum absolute atomic E-state index is 0.0907. The zero-order valence-corrected chi connectivity index (χ0v) is 12.4. The number of H-pyrrole nitrogens is 1. The summed E-state index contributed by atoms with van der Waals surface area (Å²) in [4.78, 5) is 10.9. The van der Waals surface area contributed by atoms with Gasteiger partial charge < -0.3 is 15.3 Å². The van der Waals surface area contributed by atoms with Crippen molar-refractivity contribution in [2.45, 2.75) is 0 Å². The summed E-state index contributed by atoms with van der Waals surface area (Å²) in [6, 6.07) is 8.82. The molecule has 3 aromatic rings. The number of carboxylic acids is 1. The van der Waals surface area contributed by atoms with Gasteiger partial charge >= 0.3 is 5.97 Å². The Morgan fingerprint density at radius 2 is 1.74 bits per heavy atom. The Labute approximate surface area is 135 Å². The number of benzene rings is 2. The Bertz CT molecular complexity index is 888. The fraction of sp³-hybridized carbons (Fsp3) is 0. The zero-order chi connectivity index (χ0) is 16.6. The fourth-order valence-electron chi connectivity index (χ4n) is 2.25. The van der Waals surface area contributed by atoms with Gasteiger partial charge in [0, 0.05) is 23.4 Å². The van der Waals surface area contributed by atoms with Crippen molar-refractivity contribution in [2.24, 2.45) is 0 Å². The number of aromatic carboxylic acids is 1. The molecule has 3 rings (SSSR count). The SMILES string of the molecule is O=C(O)c1ccc(-c2c[nH]nc2-c2cc(Cl)c(O)cc2O)cc1. The van der Waals surface area contributed by atoms with Gasteiger partial charge in [0.2, 0.25) is 0 Å². The van der Waals surface area contributed by atoms with E-state index in [9.17, 15) is 15.0 Å². The van der Waals surface area contributed by atoms with Gasteiger partial charge in [0.15, 0.2) is 0 Å². The Morgan fingerprint density at radius 1 is 1.04 bits per heavy atom. The summed E-state index contributed by atoms with van der Waals surface area (Å²) >= 11 is 5.89. The van der Waals surface area contributed by atoms with Crippen LogP contribution in [0.5, 0.6) is 11.5 Å². The number of nitrogens with zero attached hydrogens (tertiary/aromatic N) is 1. The van der Waals surface area contributed by atoms with Crippen LogP contribution in [0.2, 0.25) is 5.02 Å². The van der Waals surface area contributed by atoms with E-state index >= 15 is 0 Å². The van der Waals surface area contributed by atoms with Gasteiger partial charge in [0.25, 0.3) is 0 Å². The summed E-state index contributed by atoms with van der Waals surface area (Å²) in [6.45, 7) is 0. The summed E-state index contributed by atoms with van der Waals surface area (Å²) < 4.78 is 0. The van der Waals surface area contributed by atoms with Crippen LogP contribution in [0.1, 0.15) is 10.4 Å². The largest absolute Gasteiger partial charge is 0.507 e. The van der Waals surface area contributed by atoms with Gasteiger partial charge in [0.05, 0.1) is 10.6 Å². The summed E-state index contributed by atoms with van der Waals surface area (Å²) in [5.74, 6) is -1.40. The topological polar surface area (TPSA) is 106 Å². The highest BCUT2D eigenvalue weighted by atomic mass is 35.5. The van der Waals surface area contributed by atoms with Crippen LogP contribution in [-0.4, -0.2) is 31.5 Å². The number of hydrogen-bond donors (Lipinski definition) is 4. The molecule has 4 N–H and O–H groups in total. The molecule has 0 atom stereocenters. The number of phenols is 2. The average Bonchev–Trinajstić information content (AvgIpc) is 3.00. The van der Waals surface area contributed by atoms with Crippen LogP contribution >= 0.6 is 11.6 Å². The molecule has 0 amide bonds. The fourth-order valence-corrected chi connectivity index (χ4v) is 2.41. The maximum Gasteiger partial charge on any atom is 0.335 e. The number of phenolic OH excluding ortho intramolecular Hbond substituents is 2. The predicted molar refractivity (Wildman–Crippen MR) is 84.8 cm³/mol. The van der Waals surface area contributed by atoms with Crippen molar-refractivity contribution in [1.82, 2.24) is 10.2 Å². The van der Waals surface area contributed by atoms with Gasteiger partial charge in [-0.1, -0.05) is 23.7 Å². The predicted octanol–water partition coefficient (Wildman–Crippen LogP) is 3.51. The van der Waals surface area contributed by atoms with Crippen LogP contribution in [-0.2, 0) is 0 Å². The molecule has 7 heteroatoms. The van der Waals surface area contributed by atoms with Gasteiger partial charge in [-0.05, 0) is 23.8 Å². The van der Waals surface area contributed by atoms with E-state index in [1.807, 2.05) is 0 Å².